The lowest BCUT2D eigenvalue weighted by molar-refractivity contribution is 1.18. The van der Waals surface area contributed by atoms with E-state index in [-0.39, 0.29) is 0 Å². The molecule has 0 saturated carbocycles. The zero-order valence-corrected chi connectivity index (χ0v) is 7.88. The zero-order chi connectivity index (χ0) is 7.72. The topological polar surface area (TPSA) is 12.9 Å². The van der Waals surface area contributed by atoms with Crippen molar-refractivity contribution in [2.24, 2.45) is 0 Å². The van der Waals surface area contributed by atoms with Gasteiger partial charge in [0.1, 0.15) is 5.75 Å². The summed E-state index contributed by atoms with van der Waals surface area (Å²) in [6.45, 7) is 8.65. The van der Waals surface area contributed by atoms with E-state index in [4.69, 9.17) is 0 Å². The van der Waals surface area contributed by atoms with Crippen molar-refractivity contribution in [3.05, 3.63) is 15.6 Å². The molecule has 2 heteroatoms. The minimum atomic E-state index is 0.376. The summed E-state index contributed by atoms with van der Waals surface area (Å²) < 4.78 is 0. The van der Waals surface area contributed by atoms with Gasteiger partial charge >= 0.3 is 0 Å². The predicted octanol–water partition coefficient (Wildman–Crippen LogP) is 2.78. The van der Waals surface area contributed by atoms with E-state index in [1.807, 2.05) is 0 Å². The van der Waals surface area contributed by atoms with Gasteiger partial charge in [0.2, 0.25) is 5.01 Å². The highest BCUT2D eigenvalue weighted by Crippen LogP contribution is 2.30. The van der Waals surface area contributed by atoms with Gasteiger partial charge in [0.15, 0.2) is 4.88 Å². The van der Waals surface area contributed by atoms with Gasteiger partial charge in [0.05, 0.1) is 5.69 Å². The van der Waals surface area contributed by atoms with Crippen LogP contribution in [0.2, 0.25) is 0 Å². The molecule has 0 aliphatic heterocycles. The third kappa shape index (κ3) is 1.08. The van der Waals surface area contributed by atoms with E-state index in [9.17, 15) is 0 Å². The molecule has 1 nitrogen and oxygen atoms in total. The van der Waals surface area contributed by atoms with Crippen LogP contribution >= 0.6 is 10.5 Å². The fraction of sp³-hybridized carbons (Fsp3) is 0.625. The van der Waals surface area contributed by atoms with E-state index in [1.54, 1.807) is 0 Å². The van der Waals surface area contributed by atoms with Crippen LogP contribution in [0.3, 0.4) is 0 Å². The molecule has 0 aromatic carbocycles. The summed E-state index contributed by atoms with van der Waals surface area (Å²) >= 11 is 0. The third-order valence-corrected chi connectivity index (χ3v) is 4.27. The molecule has 10 heavy (non-hydrogen) atoms. The summed E-state index contributed by atoms with van der Waals surface area (Å²) in [6.07, 6.45) is 0. The highest BCUT2D eigenvalue weighted by Gasteiger charge is 2.16. The minimum absolute atomic E-state index is 0.376. The number of aromatic nitrogens is 1. The SMILES string of the molecule is CC[s+]1c(C)nc(C)c1C. The van der Waals surface area contributed by atoms with Crippen LogP contribution in [0.1, 0.15) is 22.5 Å². The lowest BCUT2D eigenvalue weighted by atomic mass is 10.4. The summed E-state index contributed by atoms with van der Waals surface area (Å²) in [5.41, 5.74) is 1.24. The maximum atomic E-state index is 4.43. The Labute approximate surface area is 65.1 Å². The average molecular weight is 156 g/mol. The molecule has 1 rings (SSSR count). The molecular weight excluding hydrogens is 142 g/mol. The molecule has 0 saturated heterocycles. The Morgan fingerprint density at radius 2 is 1.90 bits per heavy atom. The Morgan fingerprint density at radius 1 is 1.30 bits per heavy atom. The number of aryl methyl sites for hydroxylation is 2. The first-order valence-corrected chi connectivity index (χ1v) is 5.00. The van der Waals surface area contributed by atoms with E-state index < -0.39 is 0 Å². The molecule has 0 fully saturated rings. The quantitative estimate of drug-likeness (QED) is 0.570. The van der Waals surface area contributed by atoms with Gasteiger partial charge in [-0.15, -0.1) is 0 Å². The number of hydrogen-bond donors (Lipinski definition) is 0. The second-order valence-electron chi connectivity index (χ2n) is 2.45. The summed E-state index contributed by atoms with van der Waals surface area (Å²) in [4.78, 5) is 5.92. The van der Waals surface area contributed by atoms with Gasteiger partial charge in [0.25, 0.3) is 0 Å². The average Bonchev–Trinajstić information content (AvgIpc) is 2.09. The molecule has 0 aliphatic carbocycles. The van der Waals surface area contributed by atoms with Gasteiger partial charge in [-0.1, -0.05) is 0 Å². The van der Waals surface area contributed by atoms with Gasteiger partial charge < -0.3 is 0 Å². The standard InChI is InChI=1S/C8H14NS/c1-5-10-7(3)6(2)9-8(10)4/h5H2,1-4H3/q+1. The monoisotopic (exact) mass is 156 g/mol. The van der Waals surface area contributed by atoms with E-state index in [0.29, 0.717) is 10.5 Å². The Kier molecular flexibility index (Phi) is 2.09. The first-order chi connectivity index (χ1) is 4.66. The van der Waals surface area contributed by atoms with Crippen molar-refractivity contribution in [3.63, 3.8) is 0 Å². The highest BCUT2D eigenvalue weighted by atomic mass is 32.2. The molecule has 0 aliphatic rings. The van der Waals surface area contributed by atoms with Crippen molar-refractivity contribution in [2.75, 3.05) is 0 Å². The molecule has 1 unspecified atom stereocenters. The van der Waals surface area contributed by atoms with E-state index in [0.717, 1.165) is 0 Å². The summed E-state index contributed by atoms with van der Waals surface area (Å²) in [5.74, 6) is 1.22. The van der Waals surface area contributed by atoms with Gasteiger partial charge in [-0.25, -0.2) is 4.98 Å². The van der Waals surface area contributed by atoms with Gasteiger partial charge in [-0.2, -0.15) is 0 Å². The summed E-state index contributed by atoms with van der Waals surface area (Å²) in [5, 5.41) is 1.32. The molecule has 1 aromatic heterocycles. The van der Waals surface area contributed by atoms with Crippen molar-refractivity contribution in [3.8, 4) is 0 Å². The number of rotatable bonds is 1. The molecule has 0 N–H and O–H groups in total. The molecule has 1 atom stereocenters. The maximum absolute atomic E-state index is 4.43. The van der Waals surface area contributed by atoms with E-state index in [2.05, 4.69) is 32.7 Å². The Balaban J connectivity index is 3.20. The Hall–Kier alpha value is -0.370. The molecule has 0 amide bonds. The first-order valence-electron chi connectivity index (χ1n) is 3.60. The second kappa shape index (κ2) is 2.70. The fourth-order valence-corrected chi connectivity index (χ4v) is 3.14. The summed E-state index contributed by atoms with van der Waals surface area (Å²) in [7, 11) is 0.376. The van der Waals surface area contributed by atoms with Crippen molar-refractivity contribution >= 4 is 10.5 Å². The Bertz CT molecular complexity index is 238. The molecular formula is C8H14NS+. The van der Waals surface area contributed by atoms with Crippen molar-refractivity contribution in [1.29, 1.82) is 0 Å². The van der Waals surface area contributed by atoms with Crippen molar-refractivity contribution in [2.45, 2.75) is 33.4 Å². The predicted molar refractivity (Wildman–Crippen MR) is 46.6 cm³/mol. The van der Waals surface area contributed by atoms with Crippen LogP contribution in [0.5, 0.6) is 0 Å². The smallest absolute Gasteiger partial charge is 0.202 e. The molecule has 1 heterocycles. The largest absolute Gasteiger partial charge is 0.239 e. The van der Waals surface area contributed by atoms with Crippen molar-refractivity contribution < 1.29 is 0 Å². The lowest BCUT2D eigenvalue weighted by Crippen LogP contribution is -1.71. The minimum Gasteiger partial charge on any atom is -0.202 e. The maximum Gasteiger partial charge on any atom is 0.239 e. The second-order valence-corrected chi connectivity index (χ2v) is 5.01. The molecule has 0 bridgehead atoms. The number of nitrogens with zero attached hydrogens (tertiary/aromatic N) is 1. The number of thiazole rings is 1. The lowest BCUT2D eigenvalue weighted by Gasteiger charge is -1.83. The van der Waals surface area contributed by atoms with Crippen LogP contribution in [-0.2, 0) is 5.75 Å². The van der Waals surface area contributed by atoms with Crippen LogP contribution < -0.4 is 0 Å². The van der Waals surface area contributed by atoms with E-state index >= 15 is 0 Å². The van der Waals surface area contributed by atoms with Crippen LogP contribution in [0.25, 0.3) is 0 Å². The van der Waals surface area contributed by atoms with Gasteiger partial charge in [-0.3, -0.25) is 0 Å². The van der Waals surface area contributed by atoms with E-state index in [1.165, 1.54) is 21.3 Å². The number of hydrogen-bond acceptors (Lipinski definition) is 1. The molecule has 1 aromatic rings. The summed E-state index contributed by atoms with van der Waals surface area (Å²) in [6, 6.07) is 0. The van der Waals surface area contributed by atoms with Crippen LogP contribution in [0.15, 0.2) is 0 Å². The molecule has 0 spiro atoms. The first kappa shape index (κ1) is 7.73. The molecule has 0 radical (unpaired) electrons. The zero-order valence-electron chi connectivity index (χ0n) is 7.06. The molecule has 56 valence electrons. The fourth-order valence-electron chi connectivity index (χ4n) is 1.20. The Morgan fingerprint density at radius 3 is 2.10 bits per heavy atom. The highest BCUT2D eigenvalue weighted by molar-refractivity contribution is 7.30. The van der Waals surface area contributed by atoms with Gasteiger partial charge in [0, 0.05) is 24.3 Å². The van der Waals surface area contributed by atoms with Crippen LogP contribution in [0.4, 0.5) is 0 Å². The van der Waals surface area contributed by atoms with Crippen LogP contribution in [0, 0.1) is 20.8 Å². The third-order valence-electron chi connectivity index (χ3n) is 1.85. The normalized spacial score (nSPS) is 12.2. The van der Waals surface area contributed by atoms with Gasteiger partial charge in [-0.05, 0) is 13.8 Å². The van der Waals surface area contributed by atoms with Crippen molar-refractivity contribution in [1.82, 2.24) is 4.98 Å². The van der Waals surface area contributed by atoms with Crippen LogP contribution in [-0.4, -0.2) is 4.98 Å².